The smallest absolute Gasteiger partial charge is 0.266 e. The molecule has 8 nitrogen and oxygen atoms in total. The third kappa shape index (κ3) is 3.91. The van der Waals surface area contributed by atoms with Crippen molar-refractivity contribution in [1.82, 2.24) is 10.4 Å². The number of aromatic nitrogens is 1. The van der Waals surface area contributed by atoms with E-state index in [-0.39, 0.29) is 22.3 Å². The maximum absolute atomic E-state index is 12.5. The minimum atomic E-state index is -3.29. The van der Waals surface area contributed by atoms with E-state index in [1.165, 1.54) is 12.1 Å². The summed E-state index contributed by atoms with van der Waals surface area (Å²) in [4.78, 5) is 19.9. The van der Waals surface area contributed by atoms with Crippen LogP contribution in [0.5, 0.6) is 0 Å². The highest BCUT2D eigenvalue weighted by Gasteiger charge is 2.35. The number of aliphatic imine (C=N–C) groups is 1. The number of hydrogen-bond donors (Lipinski definition) is 2. The number of nitrogens with one attached hydrogen (secondary N) is 2. The summed E-state index contributed by atoms with van der Waals surface area (Å²) in [5.41, 5.74) is 4.49. The van der Waals surface area contributed by atoms with Crippen molar-refractivity contribution in [1.29, 1.82) is 5.26 Å². The van der Waals surface area contributed by atoms with Crippen LogP contribution in [0.4, 0.5) is 11.4 Å². The van der Waals surface area contributed by atoms with Crippen molar-refractivity contribution in [2.24, 2.45) is 16.8 Å². The van der Waals surface area contributed by atoms with E-state index < -0.39 is 9.84 Å². The first kappa shape index (κ1) is 20.0. The van der Waals surface area contributed by atoms with Crippen LogP contribution in [-0.2, 0) is 9.84 Å². The number of sulfone groups is 1. The Balaban J connectivity index is 1.73. The summed E-state index contributed by atoms with van der Waals surface area (Å²) in [7, 11) is -3.29. The van der Waals surface area contributed by atoms with Crippen LogP contribution in [0.1, 0.15) is 31.2 Å². The minimum Gasteiger partial charge on any atom is -0.328 e. The van der Waals surface area contributed by atoms with E-state index >= 15 is 0 Å². The Kier molecular flexibility index (Phi) is 5.26. The standard InChI is InChI=1S/C21H21N5O3S/c1-30(28,29)17-8-6-16(7-9-17)24-20-19-18(10-11-23-21(19)27)26(25-20)13-15-5-3-2-4-14(15)12-22/h6-11,13-15H,2-5H2,1H3,(H-,23,24,25,27)/p+1. The van der Waals surface area contributed by atoms with Gasteiger partial charge in [-0.1, -0.05) is 17.5 Å². The number of hydrazine groups is 1. The second kappa shape index (κ2) is 7.88. The Morgan fingerprint density at radius 3 is 2.63 bits per heavy atom. The lowest BCUT2D eigenvalue weighted by atomic mass is 9.81. The van der Waals surface area contributed by atoms with E-state index in [0.717, 1.165) is 31.9 Å². The normalized spacial score (nSPS) is 23.7. The first-order valence-corrected chi connectivity index (χ1v) is 11.7. The number of pyridine rings is 1. The van der Waals surface area contributed by atoms with Gasteiger partial charge in [0.15, 0.2) is 21.6 Å². The van der Waals surface area contributed by atoms with Gasteiger partial charge in [-0.15, -0.1) is 5.43 Å². The molecule has 1 aromatic carbocycles. The molecule has 4 rings (SSSR count). The maximum Gasteiger partial charge on any atom is 0.266 e. The number of H-pyrrole nitrogens is 1. The molecule has 1 aromatic heterocycles. The first-order chi connectivity index (χ1) is 14.4. The molecular formula is C21H22N5O3S+. The highest BCUT2D eigenvalue weighted by molar-refractivity contribution is 7.90. The van der Waals surface area contributed by atoms with Crippen LogP contribution in [0, 0.1) is 23.2 Å². The van der Waals surface area contributed by atoms with E-state index in [0.29, 0.717) is 22.8 Å². The van der Waals surface area contributed by atoms with Gasteiger partial charge >= 0.3 is 0 Å². The molecule has 2 aromatic rings. The lowest BCUT2D eigenvalue weighted by Gasteiger charge is -2.21. The van der Waals surface area contributed by atoms with Crippen molar-refractivity contribution in [2.75, 3.05) is 6.26 Å². The van der Waals surface area contributed by atoms with Crippen molar-refractivity contribution >= 4 is 33.3 Å². The average molecular weight is 425 g/mol. The second-order valence-corrected chi connectivity index (χ2v) is 9.62. The second-order valence-electron chi connectivity index (χ2n) is 7.61. The van der Waals surface area contributed by atoms with E-state index in [1.807, 2.05) is 6.21 Å². The van der Waals surface area contributed by atoms with Crippen molar-refractivity contribution in [3.8, 4) is 6.07 Å². The number of hydrogen-bond acceptors (Lipinski definition) is 5. The van der Waals surface area contributed by atoms with Gasteiger partial charge in [-0.05, 0) is 37.1 Å². The summed E-state index contributed by atoms with van der Waals surface area (Å²) in [6, 6.07) is 10.4. The van der Waals surface area contributed by atoms with Crippen LogP contribution in [0.3, 0.4) is 0 Å². The molecule has 0 bridgehead atoms. The minimum absolute atomic E-state index is 0.0458. The molecule has 9 heteroatoms. The number of benzene rings is 1. The first-order valence-electron chi connectivity index (χ1n) is 9.78. The molecule has 2 unspecified atom stereocenters. The van der Waals surface area contributed by atoms with Crippen LogP contribution in [0.15, 0.2) is 51.2 Å². The molecule has 1 aliphatic heterocycles. The average Bonchev–Trinajstić information content (AvgIpc) is 3.06. The molecule has 2 N–H and O–H groups in total. The van der Waals surface area contributed by atoms with Gasteiger partial charge in [0.05, 0.1) is 28.5 Å². The number of fused-ring (bicyclic) bond motifs is 1. The summed E-state index contributed by atoms with van der Waals surface area (Å²) in [6.07, 6.45) is 8.63. The van der Waals surface area contributed by atoms with Gasteiger partial charge in [-0.25, -0.2) is 13.4 Å². The Hall–Kier alpha value is -3.25. The summed E-state index contributed by atoms with van der Waals surface area (Å²) in [5.74, 6) is 0.423. The molecule has 0 amide bonds. The van der Waals surface area contributed by atoms with Crippen molar-refractivity contribution < 1.29 is 13.1 Å². The van der Waals surface area contributed by atoms with Crippen molar-refractivity contribution in [3.05, 3.63) is 52.4 Å². The molecule has 0 radical (unpaired) electrons. The Bertz CT molecular complexity index is 1240. The van der Waals surface area contributed by atoms with E-state index in [4.69, 9.17) is 0 Å². The van der Waals surface area contributed by atoms with Crippen LogP contribution in [0.2, 0.25) is 0 Å². The molecule has 30 heavy (non-hydrogen) atoms. The van der Waals surface area contributed by atoms with E-state index in [1.54, 1.807) is 29.1 Å². The van der Waals surface area contributed by atoms with E-state index in [2.05, 4.69) is 21.5 Å². The highest BCUT2D eigenvalue weighted by Crippen LogP contribution is 2.30. The van der Waals surface area contributed by atoms with Gasteiger partial charge in [0.25, 0.3) is 11.2 Å². The summed E-state index contributed by atoms with van der Waals surface area (Å²) in [6.45, 7) is 0. The van der Waals surface area contributed by atoms with E-state index in [9.17, 15) is 18.5 Å². The zero-order chi connectivity index (χ0) is 21.3. The number of hydrazone groups is 1. The van der Waals surface area contributed by atoms with Gasteiger partial charge in [-0.2, -0.15) is 5.26 Å². The molecule has 154 valence electrons. The predicted molar refractivity (Wildman–Crippen MR) is 113 cm³/mol. The molecule has 1 saturated carbocycles. The zero-order valence-corrected chi connectivity index (χ0v) is 17.3. The van der Waals surface area contributed by atoms with Gasteiger partial charge in [0.2, 0.25) is 5.84 Å². The lowest BCUT2D eigenvalue weighted by Crippen LogP contribution is -2.30. The Labute approximate surface area is 174 Å². The van der Waals surface area contributed by atoms with Crippen molar-refractivity contribution in [2.45, 2.75) is 30.6 Å². The monoisotopic (exact) mass is 424 g/mol. The number of nitrogens with zero attached hydrogens (tertiary/aromatic N) is 3. The quantitative estimate of drug-likeness (QED) is 0.734. The van der Waals surface area contributed by atoms with Crippen molar-refractivity contribution in [3.63, 3.8) is 0 Å². The molecule has 2 aliphatic rings. The maximum atomic E-state index is 12.5. The van der Waals surface area contributed by atoms with Gasteiger partial charge in [0, 0.05) is 18.5 Å². The summed E-state index contributed by atoms with van der Waals surface area (Å²) >= 11 is 0. The molecule has 0 spiro atoms. The molecule has 1 aliphatic carbocycles. The fourth-order valence-electron chi connectivity index (χ4n) is 3.91. The van der Waals surface area contributed by atoms with Gasteiger partial charge in [0.1, 0.15) is 0 Å². The molecule has 2 heterocycles. The Morgan fingerprint density at radius 1 is 1.20 bits per heavy atom. The molecule has 2 atom stereocenters. The van der Waals surface area contributed by atoms with Crippen LogP contribution >= 0.6 is 0 Å². The molecular weight excluding hydrogens is 402 g/mol. The van der Waals surface area contributed by atoms with Crippen LogP contribution < -0.4 is 11.0 Å². The third-order valence-electron chi connectivity index (χ3n) is 5.49. The number of nitriles is 1. The fourth-order valence-corrected chi connectivity index (χ4v) is 4.54. The predicted octanol–water partition coefficient (Wildman–Crippen LogP) is 2.42. The lowest BCUT2D eigenvalue weighted by molar-refractivity contribution is -0.478. The third-order valence-corrected chi connectivity index (χ3v) is 6.62. The fraction of sp³-hybridized carbons (Fsp3) is 0.333. The zero-order valence-electron chi connectivity index (χ0n) is 16.5. The van der Waals surface area contributed by atoms with Crippen LogP contribution in [0.25, 0.3) is 0 Å². The number of amidine groups is 1. The largest absolute Gasteiger partial charge is 0.328 e. The summed E-state index contributed by atoms with van der Waals surface area (Å²) in [5, 5.41) is 9.47. The Morgan fingerprint density at radius 2 is 1.93 bits per heavy atom. The summed E-state index contributed by atoms with van der Waals surface area (Å²) < 4.78 is 25.1. The van der Waals surface area contributed by atoms with Crippen LogP contribution in [-0.4, -0.2) is 36.4 Å². The molecule has 0 saturated heterocycles. The highest BCUT2D eigenvalue weighted by atomic mass is 32.2. The number of aromatic amines is 1. The molecule has 1 fully saturated rings. The van der Waals surface area contributed by atoms with Gasteiger partial charge in [-0.3, -0.25) is 4.79 Å². The SMILES string of the molecule is CS(=O)(=O)c1ccc(N=C2N[N+](=CC3CCCCC3C#N)c3cc[nH]c(=O)c32)cc1. The number of rotatable bonds is 3. The topological polar surface area (TPSA) is 118 Å². The van der Waals surface area contributed by atoms with Gasteiger partial charge < -0.3 is 4.98 Å².